The van der Waals surface area contributed by atoms with Gasteiger partial charge >= 0.3 is 0 Å². The number of nitrogens with zero attached hydrogens (tertiary/aromatic N) is 2. The Hall–Kier alpha value is -1.17. The lowest BCUT2D eigenvalue weighted by Crippen LogP contribution is -2.18. The van der Waals surface area contributed by atoms with Gasteiger partial charge in [-0.05, 0) is 34.5 Å². The van der Waals surface area contributed by atoms with Crippen LogP contribution in [0.5, 0.6) is 0 Å². The molecule has 1 heterocycles. The van der Waals surface area contributed by atoms with E-state index in [4.69, 9.17) is 10.8 Å². The summed E-state index contributed by atoms with van der Waals surface area (Å²) in [6, 6.07) is 5.55. The summed E-state index contributed by atoms with van der Waals surface area (Å²) < 4.78 is 2.89. The van der Waals surface area contributed by atoms with Gasteiger partial charge in [0.1, 0.15) is 0 Å². The molecule has 0 spiro atoms. The topological polar surface area (TPSA) is 64.1 Å². The van der Waals surface area contributed by atoms with Gasteiger partial charge in [-0.2, -0.15) is 0 Å². The van der Waals surface area contributed by atoms with E-state index in [1.54, 1.807) is 12.5 Å². The van der Waals surface area contributed by atoms with E-state index in [1.807, 2.05) is 29.7 Å². The summed E-state index contributed by atoms with van der Waals surface area (Å²) in [4.78, 5) is 4.09. The summed E-state index contributed by atoms with van der Waals surface area (Å²) in [5.41, 5.74) is 8.74. The van der Waals surface area contributed by atoms with Crippen molar-refractivity contribution < 1.29 is 5.11 Å². The van der Waals surface area contributed by atoms with E-state index in [-0.39, 0.29) is 6.61 Å². The number of hydrogen-bond acceptors (Lipinski definition) is 3. The van der Waals surface area contributed by atoms with Crippen LogP contribution in [0, 0.1) is 6.92 Å². The van der Waals surface area contributed by atoms with Crippen LogP contribution in [0.3, 0.4) is 0 Å². The summed E-state index contributed by atoms with van der Waals surface area (Å²) >= 11 is 3.55. The zero-order chi connectivity index (χ0) is 12.4. The van der Waals surface area contributed by atoms with Crippen LogP contribution in [0.2, 0.25) is 0 Å². The molecule has 0 aliphatic carbocycles. The lowest BCUT2D eigenvalue weighted by Gasteiger charge is -2.14. The molecule has 1 unspecified atom stereocenters. The van der Waals surface area contributed by atoms with E-state index in [0.717, 1.165) is 21.4 Å². The number of aliphatic hydroxyl groups excluding tert-OH is 1. The van der Waals surface area contributed by atoms with Crippen molar-refractivity contribution in [3.8, 4) is 5.69 Å². The highest BCUT2D eigenvalue weighted by atomic mass is 79.9. The predicted octanol–water partition coefficient (Wildman–Crippen LogP) is 1.94. The highest BCUT2D eigenvalue weighted by Crippen LogP contribution is 2.26. The second-order valence-corrected chi connectivity index (χ2v) is 4.68. The van der Waals surface area contributed by atoms with Gasteiger partial charge in [-0.1, -0.05) is 12.1 Å². The molecule has 0 fully saturated rings. The molecule has 0 saturated carbocycles. The minimum atomic E-state index is -0.426. The van der Waals surface area contributed by atoms with Crippen LogP contribution in [-0.2, 0) is 0 Å². The summed E-state index contributed by atoms with van der Waals surface area (Å²) in [7, 11) is 0. The summed E-state index contributed by atoms with van der Waals surface area (Å²) in [6.45, 7) is 1.92. The number of nitrogens with two attached hydrogens (primary N) is 1. The van der Waals surface area contributed by atoms with Crippen LogP contribution in [0.15, 0.2) is 35.2 Å². The van der Waals surface area contributed by atoms with E-state index >= 15 is 0 Å². The average molecular weight is 296 g/mol. The van der Waals surface area contributed by atoms with Gasteiger partial charge in [-0.25, -0.2) is 4.98 Å². The second-order valence-electron chi connectivity index (χ2n) is 3.89. The fraction of sp³-hybridized carbons (Fsp3) is 0.250. The zero-order valence-electron chi connectivity index (χ0n) is 9.47. The number of benzene rings is 1. The van der Waals surface area contributed by atoms with Crippen molar-refractivity contribution in [1.82, 2.24) is 9.55 Å². The molecule has 17 heavy (non-hydrogen) atoms. The maximum atomic E-state index is 9.12. The molecule has 1 atom stereocenters. The first-order chi connectivity index (χ1) is 8.15. The van der Waals surface area contributed by atoms with Gasteiger partial charge in [0.05, 0.1) is 36.6 Å². The fourth-order valence-corrected chi connectivity index (χ4v) is 2.15. The van der Waals surface area contributed by atoms with Crippen LogP contribution >= 0.6 is 15.9 Å². The zero-order valence-corrected chi connectivity index (χ0v) is 11.1. The molecule has 90 valence electrons. The molecule has 4 nitrogen and oxygen atoms in total. The van der Waals surface area contributed by atoms with Crippen molar-refractivity contribution in [2.45, 2.75) is 13.0 Å². The molecule has 0 aliphatic rings. The summed E-state index contributed by atoms with van der Waals surface area (Å²) in [6.07, 6.45) is 3.38. The van der Waals surface area contributed by atoms with Crippen molar-refractivity contribution in [1.29, 1.82) is 0 Å². The number of rotatable bonds is 3. The molecule has 0 radical (unpaired) electrons. The van der Waals surface area contributed by atoms with Gasteiger partial charge in [0.2, 0.25) is 0 Å². The number of halogens is 1. The predicted molar refractivity (Wildman–Crippen MR) is 70.0 cm³/mol. The maximum absolute atomic E-state index is 9.12. The maximum Gasteiger partial charge on any atom is 0.0995 e. The van der Waals surface area contributed by atoms with E-state index < -0.39 is 6.04 Å². The van der Waals surface area contributed by atoms with Crippen LogP contribution in [0.1, 0.15) is 17.3 Å². The molecule has 5 heteroatoms. The highest BCUT2D eigenvalue weighted by Gasteiger charge is 2.13. The molecule has 0 saturated heterocycles. The molecule has 0 amide bonds. The number of hydrogen-bond donors (Lipinski definition) is 2. The first kappa shape index (κ1) is 12.3. The SMILES string of the molecule is Cc1cccc(-n2cncc2C(N)CO)c1Br. The van der Waals surface area contributed by atoms with Crippen molar-refractivity contribution in [3.63, 3.8) is 0 Å². The quantitative estimate of drug-likeness (QED) is 0.909. The van der Waals surface area contributed by atoms with Crippen molar-refractivity contribution in [3.05, 3.63) is 46.5 Å². The van der Waals surface area contributed by atoms with Gasteiger partial charge in [-0.15, -0.1) is 0 Å². The first-order valence-corrected chi connectivity index (χ1v) is 6.08. The first-order valence-electron chi connectivity index (χ1n) is 5.29. The van der Waals surface area contributed by atoms with Gasteiger partial charge in [-0.3, -0.25) is 0 Å². The third kappa shape index (κ3) is 2.26. The molecule has 1 aromatic heterocycles. The lowest BCUT2D eigenvalue weighted by molar-refractivity contribution is 0.265. The number of imidazole rings is 1. The van der Waals surface area contributed by atoms with Crippen LogP contribution in [0.4, 0.5) is 0 Å². The van der Waals surface area contributed by atoms with Crippen LogP contribution < -0.4 is 5.73 Å². The molecule has 0 aliphatic heterocycles. The Labute approximate surface area is 108 Å². The Morgan fingerprint density at radius 3 is 3.00 bits per heavy atom. The minimum Gasteiger partial charge on any atom is -0.394 e. The normalized spacial score (nSPS) is 12.7. The van der Waals surface area contributed by atoms with Gasteiger partial charge < -0.3 is 15.4 Å². The fourth-order valence-electron chi connectivity index (χ4n) is 1.69. The molecule has 0 bridgehead atoms. The van der Waals surface area contributed by atoms with E-state index in [9.17, 15) is 0 Å². The van der Waals surface area contributed by atoms with Gasteiger partial charge in [0, 0.05) is 4.47 Å². The molecule has 2 aromatic rings. The number of aromatic nitrogens is 2. The average Bonchev–Trinajstić information content (AvgIpc) is 2.80. The summed E-state index contributed by atoms with van der Waals surface area (Å²) in [5.74, 6) is 0. The molecular formula is C12H14BrN3O. The summed E-state index contributed by atoms with van der Waals surface area (Å²) in [5, 5.41) is 9.12. The number of aliphatic hydroxyl groups is 1. The van der Waals surface area contributed by atoms with Crippen LogP contribution in [-0.4, -0.2) is 21.3 Å². The van der Waals surface area contributed by atoms with Crippen molar-refractivity contribution in [2.75, 3.05) is 6.61 Å². The van der Waals surface area contributed by atoms with Crippen molar-refractivity contribution in [2.24, 2.45) is 5.73 Å². The largest absolute Gasteiger partial charge is 0.394 e. The Bertz CT molecular complexity index is 524. The third-order valence-corrected chi connectivity index (χ3v) is 3.71. The standard InChI is InChI=1S/C12H14BrN3O/c1-8-3-2-4-10(12(8)13)16-7-15-5-11(16)9(14)6-17/h2-5,7,9,17H,6,14H2,1H3. The Morgan fingerprint density at radius 2 is 2.29 bits per heavy atom. The van der Waals surface area contributed by atoms with E-state index in [1.165, 1.54) is 0 Å². The van der Waals surface area contributed by atoms with Gasteiger partial charge in [0.25, 0.3) is 0 Å². The van der Waals surface area contributed by atoms with Crippen LogP contribution in [0.25, 0.3) is 5.69 Å². The lowest BCUT2D eigenvalue weighted by atomic mass is 10.2. The Kier molecular flexibility index (Phi) is 3.61. The highest BCUT2D eigenvalue weighted by molar-refractivity contribution is 9.10. The van der Waals surface area contributed by atoms with E-state index in [0.29, 0.717) is 0 Å². The second kappa shape index (κ2) is 5.00. The number of aryl methyl sites for hydroxylation is 1. The third-order valence-electron chi connectivity index (χ3n) is 2.67. The molecule has 1 aromatic carbocycles. The molecule has 3 N–H and O–H groups in total. The van der Waals surface area contributed by atoms with E-state index in [2.05, 4.69) is 20.9 Å². The minimum absolute atomic E-state index is 0.102. The molecule has 2 rings (SSSR count). The molecular weight excluding hydrogens is 282 g/mol. The smallest absolute Gasteiger partial charge is 0.0995 e. The Morgan fingerprint density at radius 1 is 1.53 bits per heavy atom. The Balaban J connectivity index is 2.54. The monoisotopic (exact) mass is 295 g/mol. The van der Waals surface area contributed by atoms with Crippen molar-refractivity contribution >= 4 is 15.9 Å². The van der Waals surface area contributed by atoms with Gasteiger partial charge in [0.15, 0.2) is 0 Å².